The van der Waals surface area contributed by atoms with Crippen LogP contribution in [0.2, 0.25) is 0 Å². The van der Waals surface area contributed by atoms with Crippen LogP contribution in [0.25, 0.3) is 11.0 Å². The molecule has 0 atom stereocenters. The summed E-state index contributed by atoms with van der Waals surface area (Å²) in [6, 6.07) is 6.69. The summed E-state index contributed by atoms with van der Waals surface area (Å²) in [4.78, 5) is 6.46. The average molecular weight is 260 g/mol. The van der Waals surface area contributed by atoms with Crippen LogP contribution < -0.4 is 0 Å². The molecule has 0 aliphatic rings. The topological polar surface area (TPSA) is 44.9 Å². The van der Waals surface area contributed by atoms with Crippen molar-refractivity contribution >= 4 is 11.0 Å². The molecule has 0 saturated carbocycles. The molecule has 5 heteroatoms. The number of imidazole rings is 1. The Morgan fingerprint density at radius 1 is 1.42 bits per heavy atom. The Balaban J connectivity index is 2.32. The van der Waals surface area contributed by atoms with Gasteiger partial charge in [-0.2, -0.15) is 5.26 Å². The lowest BCUT2D eigenvalue weighted by Gasteiger charge is -2.11. The summed E-state index contributed by atoms with van der Waals surface area (Å²) in [5.41, 5.74) is 1.51. The van der Waals surface area contributed by atoms with E-state index in [2.05, 4.69) is 16.0 Å². The Bertz CT molecular complexity index is 610. The number of aromatic nitrogens is 2. The van der Waals surface area contributed by atoms with Gasteiger partial charge in [0, 0.05) is 12.6 Å². The first kappa shape index (κ1) is 13.5. The third-order valence-electron chi connectivity index (χ3n) is 3.01. The minimum atomic E-state index is -0.297. The summed E-state index contributed by atoms with van der Waals surface area (Å²) in [6.45, 7) is 1.75. The number of nitrogens with zero attached hydrogens (tertiary/aromatic N) is 4. The molecule has 0 N–H and O–H groups in total. The maximum absolute atomic E-state index is 13.2. The highest BCUT2D eigenvalue weighted by Gasteiger charge is 2.10. The SMILES string of the molecule is CN(C)CCCn1c(CC#N)nc2cc(F)ccc21. The monoisotopic (exact) mass is 260 g/mol. The number of benzene rings is 1. The van der Waals surface area contributed by atoms with Crippen molar-refractivity contribution in [2.45, 2.75) is 19.4 Å². The van der Waals surface area contributed by atoms with Gasteiger partial charge in [-0.3, -0.25) is 0 Å². The highest BCUT2D eigenvalue weighted by Crippen LogP contribution is 2.18. The molecule has 4 nitrogen and oxygen atoms in total. The predicted octanol–water partition coefficient (Wildman–Crippen LogP) is 2.19. The molecule has 0 fully saturated rings. The van der Waals surface area contributed by atoms with Crippen molar-refractivity contribution in [3.8, 4) is 6.07 Å². The van der Waals surface area contributed by atoms with Crippen LogP contribution in [0.15, 0.2) is 18.2 Å². The summed E-state index contributed by atoms with van der Waals surface area (Å²) in [5, 5.41) is 8.85. The number of halogens is 1. The van der Waals surface area contributed by atoms with Crippen molar-refractivity contribution in [3.63, 3.8) is 0 Å². The van der Waals surface area contributed by atoms with Crippen LogP contribution in [0.1, 0.15) is 12.2 Å². The minimum Gasteiger partial charge on any atom is -0.327 e. The summed E-state index contributed by atoms with van der Waals surface area (Å²) in [5.74, 6) is 0.413. The molecule has 100 valence electrons. The normalized spacial score (nSPS) is 11.1. The average Bonchev–Trinajstić information content (AvgIpc) is 2.66. The smallest absolute Gasteiger partial charge is 0.125 e. The van der Waals surface area contributed by atoms with Crippen molar-refractivity contribution in [2.24, 2.45) is 0 Å². The first-order valence-corrected chi connectivity index (χ1v) is 6.28. The first-order chi connectivity index (χ1) is 9.11. The van der Waals surface area contributed by atoms with Crippen LogP contribution in [0.3, 0.4) is 0 Å². The Morgan fingerprint density at radius 2 is 2.21 bits per heavy atom. The number of aryl methyl sites for hydroxylation is 1. The number of hydrogen-bond acceptors (Lipinski definition) is 3. The molecule has 2 rings (SSSR count). The molecule has 19 heavy (non-hydrogen) atoms. The number of nitriles is 1. The van der Waals surface area contributed by atoms with Gasteiger partial charge in [-0.1, -0.05) is 0 Å². The van der Waals surface area contributed by atoms with E-state index in [0.717, 1.165) is 25.0 Å². The molecule has 0 bridgehead atoms. The van der Waals surface area contributed by atoms with Gasteiger partial charge >= 0.3 is 0 Å². The second-order valence-electron chi connectivity index (χ2n) is 4.80. The Kier molecular flexibility index (Phi) is 4.13. The molecule has 0 aliphatic carbocycles. The molecule has 0 radical (unpaired) electrons. The van der Waals surface area contributed by atoms with Gasteiger partial charge in [0.2, 0.25) is 0 Å². The van der Waals surface area contributed by atoms with Crippen LogP contribution in [0.4, 0.5) is 4.39 Å². The molecule has 0 aliphatic heterocycles. The fourth-order valence-corrected chi connectivity index (χ4v) is 2.15. The predicted molar refractivity (Wildman–Crippen MR) is 72.2 cm³/mol. The third-order valence-corrected chi connectivity index (χ3v) is 3.01. The zero-order valence-corrected chi connectivity index (χ0v) is 11.2. The van der Waals surface area contributed by atoms with E-state index in [1.54, 1.807) is 6.07 Å². The van der Waals surface area contributed by atoms with E-state index in [0.29, 0.717) is 11.3 Å². The molecular weight excluding hydrogens is 243 g/mol. The van der Waals surface area contributed by atoms with Gasteiger partial charge in [0.15, 0.2) is 0 Å². The van der Waals surface area contributed by atoms with E-state index in [9.17, 15) is 4.39 Å². The molecule has 1 aromatic heterocycles. The molecule has 1 aromatic carbocycles. The van der Waals surface area contributed by atoms with E-state index in [4.69, 9.17) is 5.26 Å². The zero-order chi connectivity index (χ0) is 13.8. The molecule has 2 aromatic rings. The van der Waals surface area contributed by atoms with Crippen molar-refractivity contribution < 1.29 is 4.39 Å². The van der Waals surface area contributed by atoms with E-state index >= 15 is 0 Å². The van der Waals surface area contributed by atoms with Gasteiger partial charge < -0.3 is 9.47 Å². The summed E-state index contributed by atoms with van der Waals surface area (Å²) < 4.78 is 15.2. The Morgan fingerprint density at radius 3 is 2.89 bits per heavy atom. The number of fused-ring (bicyclic) bond motifs is 1. The first-order valence-electron chi connectivity index (χ1n) is 6.28. The molecule has 0 saturated heterocycles. The van der Waals surface area contributed by atoms with E-state index < -0.39 is 0 Å². The van der Waals surface area contributed by atoms with Crippen LogP contribution in [0.5, 0.6) is 0 Å². The Labute approximate surface area is 112 Å². The highest BCUT2D eigenvalue weighted by molar-refractivity contribution is 5.76. The number of rotatable bonds is 5. The van der Waals surface area contributed by atoms with Crippen molar-refractivity contribution in [3.05, 3.63) is 29.8 Å². The van der Waals surface area contributed by atoms with Gasteiger partial charge in [0.1, 0.15) is 11.6 Å². The van der Waals surface area contributed by atoms with E-state index in [1.807, 2.05) is 18.7 Å². The molecule has 1 heterocycles. The second kappa shape index (κ2) is 5.81. The van der Waals surface area contributed by atoms with Gasteiger partial charge in [-0.15, -0.1) is 0 Å². The van der Waals surface area contributed by atoms with Crippen molar-refractivity contribution in [1.82, 2.24) is 14.5 Å². The second-order valence-corrected chi connectivity index (χ2v) is 4.80. The van der Waals surface area contributed by atoms with Gasteiger partial charge in [0.05, 0.1) is 23.5 Å². The fraction of sp³-hybridized carbons (Fsp3) is 0.429. The summed E-state index contributed by atoms with van der Waals surface area (Å²) in [7, 11) is 4.05. The highest BCUT2D eigenvalue weighted by atomic mass is 19.1. The fourth-order valence-electron chi connectivity index (χ4n) is 2.15. The summed E-state index contributed by atoms with van der Waals surface area (Å²) in [6.07, 6.45) is 1.21. The van der Waals surface area contributed by atoms with Crippen LogP contribution in [0, 0.1) is 17.1 Å². The number of hydrogen-bond donors (Lipinski definition) is 0. The van der Waals surface area contributed by atoms with Crippen molar-refractivity contribution in [1.29, 1.82) is 5.26 Å². The minimum absolute atomic E-state index is 0.248. The summed E-state index contributed by atoms with van der Waals surface area (Å²) >= 11 is 0. The lowest BCUT2D eigenvalue weighted by Crippen LogP contribution is -2.15. The van der Waals surface area contributed by atoms with E-state index in [-0.39, 0.29) is 12.2 Å². The molecular formula is C14H17FN4. The van der Waals surface area contributed by atoms with E-state index in [1.165, 1.54) is 12.1 Å². The Hall–Kier alpha value is -1.93. The van der Waals surface area contributed by atoms with Gasteiger partial charge in [0.25, 0.3) is 0 Å². The zero-order valence-electron chi connectivity index (χ0n) is 11.2. The van der Waals surface area contributed by atoms with Crippen LogP contribution >= 0.6 is 0 Å². The molecule has 0 unspecified atom stereocenters. The van der Waals surface area contributed by atoms with Crippen LogP contribution in [-0.2, 0) is 13.0 Å². The third kappa shape index (κ3) is 3.09. The largest absolute Gasteiger partial charge is 0.327 e. The van der Waals surface area contributed by atoms with Crippen molar-refractivity contribution in [2.75, 3.05) is 20.6 Å². The lowest BCUT2D eigenvalue weighted by molar-refractivity contribution is 0.386. The maximum Gasteiger partial charge on any atom is 0.125 e. The molecule has 0 amide bonds. The quantitative estimate of drug-likeness (QED) is 0.827. The van der Waals surface area contributed by atoms with Gasteiger partial charge in [-0.05, 0) is 39.2 Å². The standard InChI is InChI=1S/C14H17FN4/c1-18(2)8-3-9-19-13-5-4-11(15)10-12(13)17-14(19)6-7-16/h4-5,10H,3,6,8-9H2,1-2H3. The van der Waals surface area contributed by atoms with Crippen LogP contribution in [-0.4, -0.2) is 35.1 Å². The maximum atomic E-state index is 13.2. The van der Waals surface area contributed by atoms with Gasteiger partial charge in [-0.25, -0.2) is 9.37 Å². The lowest BCUT2D eigenvalue weighted by atomic mass is 10.3. The molecule has 0 spiro atoms.